The van der Waals surface area contributed by atoms with Crippen molar-refractivity contribution in [3.63, 3.8) is 0 Å². The van der Waals surface area contributed by atoms with Gasteiger partial charge in [0.25, 0.3) is 0 Å². The van der Waals surface area contributed by atoms with Crippen LogP contribution in [0.15, 0.2) is 0 Å². The van der Waals surface area contributed by atoms with Crippen LogP contribution in [0.4, 0.5) is 0 Å². The van der Waals surface area contributed by atoms with Gasteiger partial charge in [-0.2, -0.15) is 0 Å². The number of amides is 2. The summed E-state index contributed by atoms with van der Waals surface area (Å²) in [6.45, 7) is 9.68. The third kappa shape index (κ3) is 5.90. The molecule has 0 spiro atoms. The van der Waals surface area contributed by atoms with E-state index in [-0.39, 0.29) is 17.2 Å². The van der Waals surface area contributed by atoms with Gasteiger partial charge in [-0.3, -0.25) is 9.59 Å². The van der Waals surface area contributed by atoms with Crippen molar-refractivity contribution in [2.24, 2.45) is 5.41 Å². The Balaban J connectivity index is 2.36. The number of carbonyl (C=O) groups is 2. The molecule has 0 unspecified atom stereocenters. The van der Waals surface area contributed by atoms with E-state index in [4.69, 9.17) is 0 Å². The van der Waals surface area contributed by atoms with Gasteiger partial charge in [-0.05, 0) is 19.5 Å². The first-order valence-corrected chi connectivity index (χ1v) is 7.39. The van der Waals surface area contributed by atoms with Gasteiger partial charge in [-0.15, -0.1) is 0 Å². The van der Waals surface area contributed by atoms with E-state index in [0.717, 1.165) is 6.54 Å². The molecule has 0 aliphatic carbocycles. The number of carbonyl (C=O) groups excluding carboxylic acids is 2. The third-order valence-electron chi connectivity index (χ3n) is 3.44. The van der Waals surface area contributed by atoms with Crippen LogP contribution < -0.4 is 0 Å². The van der Waals surface area contributed by atoms with Crippen molar-refractivity contribution in [1.82, 2.24) is 14.7 Å². The van der Waals surface area contributed by atoms with Crippen molar-refractivity contribution in [3.8, 4) is 0 Å². The Morgan fingerprint density at radius 1 is 0.950 bits per heavy atom. The molecule has 1 aliphatic heterocycles. The van der Waals surface area contributed by atoms with Crippen LogP contribution in [0.3, 0.4) is 0 Å². The maximum Gasteiger partial charge on any atom is 0.223 e. The van der Waals surface area contributed by atoms with Gasteiger partial charge in [-0.1, -0.05) is 20.8 Å². The molecular formula is C15H29N3O2. The average Bonchev–Trinajstić information content (AvgIpc) is 2.34. The van der Waals surface area contributed by atoms with E-state index in [1.807, 2.05) is 28.8 Å². The topological polar surface area (TPSA) is 43.9 Å². The van der Waals surface area contributed by atoms with Crippen molar-refractivity contribution < 1.29 is 9.59 Å². The van der Waals surface area contributed by atoms with Crippen LogP contribution in [0, 0.1) is 5.41 Å². The van der Waals surface area contributed by atoms with E-state index in [1.54, 1.807) is 0 Å². The molecule has 1 rings (SSSR count). The summed E-state index contributed by atoms with van der Waals surface area (Å²) in [4.78, 5) is 29.9. The Bertz CT molecular complexity index is 340. The molecule has 1 heterocycles. The average molecular weight is 283 g/mol. The molecule has 116 valence electrons. The highest BCUT2D eigenvalue weighted by molar-refractivity contribution is 5.78. The van der Waals surface area contributed by atoms with Gasteiger partial charge in [0.1, 0.15) is 0 Å². The fourth-order valence-electron chi connectivity index (χ4n) is 2.25. The molecule has 2 amide bonds. The fraction of sp³-hybridized carbons (Fsp3) is 0.867. The van der Waals surface area contributed by atoms with Crippen molar-refractivity contribution >= 4 is 11.8 Å². The van der Waals surface area contributed by atoms with Gasteiger partial charge in [0.15, 0.2) is 0 Å². The molecule has 1 fully saturated rings. The molecule has 0 aromatic carbocycles. The van der Waals surface area contributed by atoms with Crippen molar-refractivity contribution in [1.29, 1.82) is 0 Å². The van der Waals surface area contributed by atoms with E-state index in [0.29, 0.717) is 39.0 Å². The zero-order chi connectivity index (χ0) is 15.3. The Labute approximate surface area is 122 Å². The second-order valence-electron chi connectivity index (χ2n) is 7.05. The summed E-state index contributed by atoms with van der Waals surface area (Å²) < 4.78 is 0. The standard InChI is InChI=1S/C15H29N3O2/c1-15(2,3)12-14(20)18-10-8-17(9-11-18)13(19)6-7-16(4)5/h6-12H2,1-5H3. The predicted molar refractivity (Wildman–Crippen MR) is 80.4 cm³/mol. The SMILES string of the molecule is CN(C)CCC(=O)N1CCN(C(=O)CC(C)(C)C)CC1. The minimum Gasteiger partial charge on any atom is -0.339 e. The van der Waals surface area contributed by atoms with Crippen LogP contribution >= 0.6 is 0 Å². The molecule has 0 bridgehead atoms. The minimum absolute atomic E-state index is 0.0236. The Hall–Kier alpha value is -1.10. The van der Waals surface area contributed by atoms with Gasteiger partial charge in [-0.25, -0.2) is 0 Å². The molecule has 5 heteroatoms. The third-order valence-corrected chi connectivity index (χ3v) is 3.44. The van der Waals surface area contributed by atoms with Crippen LogP contribution in [-0.4, -0.2) is 73.3 Å². The van der Waals surface area contributed by atoms with E-state index >= 15 is 0 Å². The smallest absolute Gasteiger partial charge is 0.223 e. The molecule has 0 N–H and O–H groups in total. The predicted octanol–water partition coefficient (Wildman–Crippen LogP) is 1.05. The lowest BCUT2D eigenvalue weighted by Crippen LogP contribution is -2.51. The number of hydrogen-bond acceptors (Lipinski definition) is 3. The Kier molecular flexibility index (Phi) is 5.99. The molecule has 0 radical (unpaired) electrons. The number of hydrogen-bond donors (Lipinski definition) is 0. The summed E-state index contributed by atoms with van der Waals surface area (Å²) in [6, 6.07) is 0. The molecular weight excluding hydrogens is 254 g/mol. The quantitative estimate of drug-likeness (QED) is 0.774. The summed E-state index contributed by atoms with van der Waals surface area (Å²) >= 11 is 0. The largest absolute Gasteiger partial charge is 0.339 e. The summed E-state index contributed by atoms with van der Waals surface area (Å²) in [5.74, 6) is 0.402. The molecule has 1 saturated heterocycles. The first-order valence-electron chi connectivity index (χ1n) is 7.39. The van der Waals surface area contributed by atoms with Gasteiger partial charge >= 0.3 is 0 Å². The van der Waals surface area contributed by atoms with Crippen molar-refractivity contribution in [3.05, 3.63) is 0 Å². The first-order chi connectivity index (χ1) is 9.19. The van der Waals surface area contributed by atoms with Crippen LogP contribution in [-0.2, 0) is 9.59 Å². The van der Waals surface area contributed by atoms with Crippen molar-refractivity contribution in [2.75, 3.05) is 46.8 Å². The van der Waals surface area contributed by atoms with Crippen molar-refractivity contribution in [2.45, 2.75) is 33.6 Å². The zero-order valence-corrected chi connectivity index (χ0v) is 13.6. The van der Waals surface area contributed by atoms with Crippen LogP contribution in [0.25, 0.3) is 0 Å². The molecule has 5 nitrogen and oxygen atoms in total. The normalized spacial score (nSPS) is 16.7. The van der Waals surface area contributed by atoms with Crippen LogP contribution in [0.5, 0.6) is 0 Å². The second-order valence-corrected chi connectivity index (χ2v) is 7.05. The highest BCUT2D eigenvalue weighted by Crippen LogP contribution is 2.20. The maximum absolute atomic E-state index is 12.1. The highest BCUT2D eigenvalue weighted by Gasteiger charge is 2.26. The van der Waals surface area contributed by atoms with Gasteiger partial charge in [0, 0.05) is 45.6 Å². The summed E-state index contributed by atoms with van der Waals surface area (Å²) in [5.41, 5.74) is 0.0236. The van der Waals surface area contributed by atoms with Gasteiger partial charge < -0.3 is 14.7 Å². The van der Waals surface area contributed by atoms with E-state index in [1.165, 1.54) is 0 Å². The molecule has 0 atom stereocenters. The Morgan fingerprint density at radius 2 is 1.40 bits per heavy atom. The summed E-state index contributed by atoms with van der Waals surface area (Å²) in [6.07, 6.45) is 1.13. The lowest BCUT2D eigenvalue weighted by Gasteiger charge is -2.36. The molecule has 1 aliphatic rings. The monoisotopic (exact) mass is 283 g/mol. The first kappa shape index (κ1) is 17.0. The lowest BCUT2D eigenvalue weighted by molar-refractivity contribution is -0.140. The maximum atomic E-state index is 12.1. The van der Waals surface area contributed by atoms with Crippen LogP contribution in [0.1, 0.15) is 33.6 Å². The fourth-order valence-corrected chi connectivity index (χ4v) is 2.25. The number of piperazine rings is 1. The zero-order valence-electron chi connectivity index (χ0n) is 13.6. The minimum atomic E-state index is 0.0236. The highest BCUT2D eigenvalue weighted by atomic mass is 16.2. The van der Waals surface area contributed by atoms with Gasteiger partial charge in [0.2, 0.25) is 11.8 Å². The summed E-state index contributed by atoms with van der Waals surface area (Å²) in [5, 5.41) is 0. The molecule has 0 aromatic rings. The lowest BCUT2D eigenvalue weighted by atomic mass is 9.91. The molecule has 0 saturated carbocycles. The van der Waals surface area contributed by atoms with Gasteiger partial charge in [0.05, 0.1) is 0 Å². The number of nitrogens with zero attached hydrogens (tertiary/aromatic N) is 3. The number of rotatable bonds is 4. The van der Waals surface area contributed by atoms with E-state index in [9.17, 15) is 9.59 Å². The summed E-state index contributed by atoms with van der Waals surface area (Å²) in [7, 11) is 3.94. The van der Waals surface area contributed by atoms with E-state index in [2.05, 4.69) is 20.8 Å². The second kappa shape index (κ2) is 7.07. The Morgan fingerprint density at radius 3 is 1.80 bits per heavy atom. The molecule has 20 heavy (non-hydrogen) atoms. The molecule has 0 aromatic heterocycles. The van der Waals surface area contributed by atoms with Crippen LogP contribution in [0.2, 0.25) is 0 Å². The van der Waals surface area contributed by atoms with E-state index < -0.39 is 0 Å².